The summed E-state index contributed by atoms with van der Waals surface area (Å²) >= 11 is 0. The molecular formula is C18H23N3. The SMILES string of the molecule is CC(C)(C)NCc1cnccc1N1CCc2ccccc21. The zero-order valence-electron chi connectivity index (χ0n) is 13.1. The Hall–Kier alpha value is -1.87. The van der Waals surface area contributed by atoms with Gasteiger partial charge in [-0.3, -0.25) is 4.98 Å². The summed E-state index contributed by atoms with van der Waals surface area (Å²) in [5.41, 5.74) is 5.40. The first-order valence-corrected chi connectivity index (χ1v) is 7.58. The summed E-state index contributed by atoms with van der Waals surface area (Å²) in [6, 6.07) is 10.8. The van der Waals surface area contributed by atoms with E-state index in [9.17, 15) is 0 Å². The molecule has 0 fully saturated rings. The lowest BCUT2D eigenvalue weighted by molar-refractivity contribution is 0.424. The van der Waals surface area contributed by atoms with E-state index in [0.717, 1.165) is 19.5 Å². The Balaban J connectivity index is 1.90. The van der Waals surface area contributed by atoms with E-state index in [0.29, 0.717) is 0 Å². The minimum Gasteiger partial charge on any atom is -0.341 e. The number of hydrogen-bond acceptors (Lipinski definition) is 3. The molecule has 1 N–H and O–H groups in total. The minimum absolute atomic E-state index is 0.107. The lowest BCUT2D eigenvalue weighted by Crippen LogP contribution is -2.35. The molecular weight excluding hydrogens is 258 g/mol. The second-order valence-electron chi connectivity index (χ2n) is 6.64. The molecule has 3 nitrogen and oxygen atoms in total. The second-order valence-corrected chi connectivity index (χ2v) is 6.64. The smallest absolute Gasteiger partial charge is 0.0487 e. The summed E-state index contributed by atoms with van der Waals surface area (Å²) in [4.78, 5) is 6.72. The number of pyridine rings is 1. The maximum Gasteiger partial charge on any atom is 0.0487 e. The van der Waals surface area contributed by atoms with Gasteiger partial charge in [-0.2, -0.15) is 0 Å². The van der Waals surface area contributed by atoms with Crippen LogP contribution in [0.3, 0.4) is 0 Å². The van der Waals surface area contributed by atoms with Gasteiger partial charge in [-0.25, -0.2) is 0 Å². The Kier molecular flexibility index (Phi) is 3.68. The van der Waals surface area contributed by atoms with Crippen LogP contribution in [0.1, 0.15) is 31.9 Å². The number of nitrogens with one attached hydrogen (secondary N) is 1. The summed E-state index contributed by atoms with van der Waals surface area (Å²) in [7, 11) is 0. The maximum absolute atomic E-state index is 4.31. The van der Waals surface area contributed by atoms with Gasteiger partial charge in [-0.15, -0.1) is 0 Å². The molecule has 0 spiro atoms. The fraction of sp³-hybridized carbons (Fsp3) is 0.389. The number of para-hydroxylation sites is 1. The molecule has 21 heavy (non-hydrogen) atoms. The molecule has 0 atom stereocenters. The van der Waals surface area contributed by atoms with E-state index < -0.39 is 0 Å². The van der Waals surface area contributed by atoms with Gasteiger partial charge in [0.2, 0.25) is 0 Å². The van der Waals surface area contributed by atoms with Gasteiger partial charge in [-0.05, 0) is 44.9 Å². The van der Waals surface area contributed by atoms with Crippen LogP contribution in [-0.4, -0.2) is 17.1 Å². The van der Waals surface area contributed by atoms with Crippen molar-refractivity contribution in [3.63, 3.8) is 0 Å². The molecule has 0 aliphatic carbocycles. The van der Waals surface area contributed by atoms with Crippen molar-refractivity contribution in [1.29, 1.82) is 0 Å². The van der Waals surface area contributed by atoms with Crippen LogP contribution in [-0.2, 0) is 13.0 Å². The largest absolute Gasteiger partial charge is 0.341 e. The van der Waals surface area contributed by atoms with Crippen LogP contribution in [0.5, 0.6) is 0 Å². The van der Waals surface area contributed by atoms with Crippen LogP contribution in [0, 0.1) is 0 Å². The van der Waals surface area contributed by atoms with E-state index in [4.69, 9.17) is 0 Å². The number of fused-ring (bicyclic) bond motifs is 1. The van der Waals surface area contributed by atoms with Crippen LogP contribution in [0.4, 0.5) is 11.4 Å². The number of nitrogens with zero attached hydrogens (tertiary/aromatic N) is 2. The standard InChI is InChI=1S/C18H23N3/c1-18(2,3)20-13-15-12-19-10-8-17(15)21-11-9-14-6-4-5-7-16(14)21/h4-8,10,12,20H,9,11,13H2,1-3H3. The minimum atomic E-state index is 0.107. The second kappa shape index (κ2) is 5.49. The quantitative estimate of drug-likeness (QED) is 0.930. The number of aromatic nitrogens is 1. The van der Waals surface area contributed by atoms with Crippen molar-refractivity contribution in [2.75, 3.05) is 11.4 Å². The van der Waals surface area contributed by atoms with Crippen LogP contribution < -0.4 is 10.2 Å². The normalized spacial score (nSPS) is 14.3. The van der Waals surface area contributed by atoms with Crippen LogP contribution in [0.15, 0.2) is 42.7 Å². The van der Waals surface area contributed by atoms with Gasteiger partial charge in [0.1, 0.15) is 0 Å². The molecule has 3 rings (SSSR count). The third-order valence-electron chi connectivity index (χ3n) is 3.86. The molecule has 1 aliphatic heterocycles. The monoisotopic (exact) mass is 281 g/mol. The molecule has 0 saturated carbocycles. The number of anilines is 2. The average Bonchev–Trinajstić information content (AvgIpc) is 2.88. The predicted molar refractivity (Wildman–Crippen MR) is 88.0 cm³/mol. The highest BCUT2D eigenvalue weighted by Gasteiger charge is 2.22. The van der Waals surface area contributed by atoms with E-state index in [1.807, 2.05) is 12.4 Å². The van der Waals surface area contributed by atoms with Gasteiger partial charge in [-0.1, -0.05) is 18.2 Å². The highest BCUT2D eigenvalue weighted by atomic mass is 15.2. The Labute approximate surface area is 127 Å². The van der Waals surface area contributed by atoms with Gasteiger partial charge in [0.05, 0.1) is 0 Å². The van der Waals surface area contributed by atoms with Crippen molar-refractivity contribution in [3.8, 4) is 0 Å². The third kappa shape index (κ3) is 3.08. The molecule has 1 aromatic heterocycles. The molecule has 0 unspecified atom stereocenters. The van der Waals surface area contributed by atoms with Gasteiger partial charge in [0.15, 0.2) is 0 Å². The summed E-state index contributed by atoms with van der Waals surface area (Å²) < 4.78 is 0. The molecule has 110 valence electrons. The topological polar surface area (TPSA) is 28.2 Å². The molecule has 0 saturated heterocycles. The molecule has 2 aromatic rings. The lowest BCUT2D eigenvalue weighted by Gasteiger charge is -2.25. The van der Waals surface area contributed by atoms with Crippen LogP contribution in [0.25, 0.3) is 0 Å². The number of hydrogen-bond donors (Lipinski definition) is 1. The van der Waals surface area contributed by atoms with Crippen molar-refractivity contribution < 1.29 is 0 Å². The van der Waals surface area contributed by atoms with E-state index in [-0.39, 0.29) is 5.54 Å². The van der Waals surface area contributed by atoms with Crippen molar-refractivity contribution in [3.05, 3.63) is 53.9 Å². The van der Waals surface area contributed by atoms with Gasteiger partial charge >= 0.3 is 0 Å². The Morgan fingerprint density at radius 2 is 1.95 bits per heavy atom. The molecule has 1 aliphatic rings. The first-order chi connectivity index (χ1) is 10.0. The zero-order valence-corrected chi connectivity index (χ0v) is 13.1. The predicted octanol–water partition coefficient (Wildman–Crippen LogP) is 3.66. The summed E-state index contributed by atoms with van der Waals surface area (Å²) in [5.74, 6) is 0. The Bertz CT molecular complexity index is 628. The average molecular weight is 281 g/mol. The molecule has 0 bridgehead atoms. The van der Waals surface area contributed by atoms with E-state index in [1.54, 1.807) is 0 Å². The molecule has 3 heteroatoms. The van der Waals surface area contributed by atoms with Crippen molar-refractivity contribution in [2.24, 2.45) is 0 Å². The maximum atomic E-state index is 4.31. The highest BCUT2D eigenvalue weighted by molar-refractivity contribution is 5.71. The summed E-state index contributed by atoms with van der Waals surface area (Å²) in [6.45, 7) is 8.45. The van der Waals surface area contributed by atoms with E-state index in [2.05, 4.69) is 66.3 Å². The van der Waals surface area contributed by atoms with E-state index in [1.165, 1.54) is 22.5 Å². The molecule has 2 heterocycles. The number of benzene rings is 1. The van der Waals surface area contributed by atoms with E-state index >= 15 is 0 Å². The van der Waals surface area contributed by atoms with Crippen molar-refractivity contribution in [2.45, 2.75) is 39.3 Å². The molecule has 0 amide bonds. The lowest BCUT2D eigenvalue weighted by atomic mass is 10.1. The summed E-state index contributed by atoms with van der Waals surface area (Å²) in [6.07, 6.45) is 4.98. The Morgan fingerprint density at radius 3 is 2.76 bits per heavy atom. The Morgan fingerprint density at radius 1 is 1.14 bits per heavy atom. The zero-order chi connectivity index (χ0) is 14.9. The first kappa shape index (κ1) is 14.1. The van der Waals surface area contributed by atoms with Gasteiger partial charge in [0.25, 0.3) is 0 Å². The van der Waals surface area contributed by atoms with Crippen LogP contribution in [0.2, 0.25) is 0 Å². The molecule has 0 radical (unpaired) electrons. The number of rotatable bonds is 3. The van der Waals surface area contributed by atoms with Crippen molar-refractivity contribution in [1.82, 2.24) is 10.3 Å². The van der Waals surface area contributed by atoms with Crippen LogP contribution >= 0.6 is 0 Å². The highest BCUT2D eigenvalue weighted by Crippen LogP contribution is 2.35. The molecule has 1 aromatic carbocycles. The van der Waals surface area contributed by atoms with Gasteiger partial charge in [0, 0.05) is 48.0 Å². The summed E-state index contributed by atoms with van der Waals surface area (Å²) in [5, 5.41) is 3.56. The third-order valence-corrected chi connectivity index (χ3v) is 3.86. The fourth-order valence-electron chi connectivity index (χ4n) is 2.77. The van der Waals surface area contributed by atoms with Crippen molar-refractivity contribution >= 4 is 11.4 Å². The fourth-order valence-corrected chi connectivity index (χ4v) is 2.77. The first-order valence-electron chi connectivity index (χ1n) is 7.58. The van der Waals surface area contributed by atoms with Gasteiger partial charge < -0.3 is 10.2 Å².